The third-order valence-corrected chi connectivity index (χ3v) is 4.80. The van der Waals surface area contributed by atoms with Crippen LogP contribution in [0.4, 0.5) is 10.1 Å². The predicted octanol–water partition coefficient (Wildman–Crippen LogP) is 3.28. The highest BCUT2D eigenvalue weighted by Gasteiger charge is 2.17. The molecule has 0 aliphatic carbocycles. The second-order valence-electron chi connectivity index (χ2n) is 6.01. The van der Waals surface area contributed by atoms with E-state index in [0.29, 0.717) is 23.3 Å². The van der Waals surface area contributed by atoms with Crippen molar-refractivity contribution in [2.24, 2.45) is 0 Å². The van der Waals surface area contributed by atoms with Gasteiger partial charge in [-0.15, -0.1) is 10.2 Å². The van der Waals surface area contributed by atoms with Crippen LogP contribution in [0, 0.1) is 12.7 Å². The number of nitrogens with one attached hydrogen (secondary N) is 1. The number of esters is 1. The molecule has 0 unspecified atom stereocenters. The van der Waals surface area contributed by atoms with Crippen molar-refractivity contribution in [3.05, 3.63) is 48.0 Å². The minimum Gasteiger partial charge on any atom is -0.461 e. The van der Waals surface area contributed by atoms with Crippen molar-refractivity contribution in [2.75, 3.05) is 17.7 Å². The van der Waals surface area contributed by atoms with Crippen LogP contribution in [0.25, 0.3) is 11.6 Å². The van der Waals surface area contributed by atoms with E-state index in [1.54, 1.807) is 31.4 Å². The van der Waals surface area contributed by atoms with Crippen molar-refractivity contribution in [2.45, 2.75) is 25.5 Å². The van der Waals surface area contributed by atoms with E-state index >= 15 is 0 Å². The van der Waals surface area contributed by atoms with E-state index in [0.717, 1.165) is 17.3 Å². The van der Waals surface area contributed by atoms with Gasteiger partial charge in [-0.3, -0.25) is 14.2 Å². The fourth-order valence-corrected chi connectivity index (χ4v) is 3.29. The SMILES string of the molecule is CCn1c(SCC(=O)OCC(=O)Nc2ccc(C)cc2F)nnc1-c1ccco1. The van der Waals surface area contributed by atoms with Crippen molar-refractivity contribution < 1.29 is 23.1 Å². The molecule has 29 heavy (non-hydrogen) atoms. The van der Waals surface area contributed by atoms with Crippen LogP contribution in [0.5, 0.6) is 0 Å². The normalized spacial score (nSPS) is 10.7. The summed E-state index contributed by atoms with van der Waals surface area (Å²) in [5.41, 5.74) is 0.770. The van der Waals surface area contributed by atoms with E-state index < -0.39 is 24.3 Å². The number of nitrogens with zero attached hydrogens (tertiary/aromatic N) is 3. The summed E-state index contributed by atoms with van der Waals surface area (Å²) in [6.45, 7) is 3.74. The van der Waals surface area contributed by atoms with E-state index in [1.165, 1.54) is 12.1 Å². The second kappa shape index (κ2) is 9.37. The minimum absolute atomic E-state index is 0.0347. The number of aryl methyl sites for hydroxylation is 1. The summed E-state index contributed by atoms with van der Waals surface area (Å²) in [5, 5.41) is 11.1. The second-order valence-corrected chi connectivity index (χ2v) is 6.95. The van der Waals surface area contributed by atoms with E-state index in [4.69, 9.17) is 9.15 Å². The van der Waals surface area contributed by atoms with Gasteiger partial charge in [0.25, 0.3) is 5.91 Å². The predicted molar refractivity (Wildman–Crippen MR) is 105 cm³/mol. The van der Waals surface area contributed by atoms with Gasteiger partial charge in [0.05, 0.1) is 17.7 Å². The van der Waals surface area contributed by atoms with Gasteiger partial charge in [-0.1, -0.05) is 17.8 Å². The van der Waals surface area contributed by atoms with Crippen LogP contribution in [0.1, 0.15) is 12.5 Å². The number of carbonyl (C=O) groups excluding carboxylic acids is 2. The first-order chi connectivity index (χ1) is 14.0. The Morgan fingerprint density at radius 2 is 2.14 bits per heavy atom. The molecule has 1 amide bonds. The summed E-state index contributed by atoms with van der Waals surface area (Å²) in [6.07, 6.45) is 1.54. The van der Waals surface area contributed by atoms with Gasteiger partial charge in [0, 0.05) is 6.54 Å². The maximum atomic E-state index is 13.7. The Labute approximate surface area is 170 Å². The van der Waals surface area contributed by atoms with Crippen molar-refractivity contribution in [1.29, 1.82) is 0 Å². The summed E-state index contributed by atoms with van der Waals surface area (Å²) in [7, 11) is 0. The first kappa shape index (κ1) is 20.6. The molecule has 0 atom stereocenters. The zero-order valence-electron chi connectivity index (χ0n) is 15.8. The molecule has 8 nitrogen and oxygen atoms in total. The minimum atomic E-state index is -0.622. The topological polar surface area (TPSA) is 99.2 Å². The number of anilines is 1. The molecule has 0 aliphatic heterocycles. The van der Waals surface area contributed by atoms with Crippen molar-refractivity contribution in [3.8, 4) is 11.6 Å². The summed E-state index contributed by atoms with van der Waals surface area (Å²) in [4.78, 5) is 23.8. The molecular formula is C19H19FN4O4S. The third kappa shape index (κ3) is 5.23. The molecule has 1 aromatic carbocycles. The Morgan fingerprint density at radius 1 is 1.31 bits per heavy atom. The number of ether oxygens (including phenoxy) is 1. The molecule has 3 aromatic rings. The molecule has 0 saturated carbocycles. The van der Waals surface area contributed by atoms with Gasteiger partial charge in [-0.2, -0.15) is 0 Å². The fraction of sp³-hybridized carbons (Fsp3) is 0.263. The molecule has 2 heterocycles. The van der Waals surface area contributed by atoms with Crippen LogP contribution in [0.3, 0.4) is 0 Å². The van der Waals surface area contributed by atoms with Crippen LogP contribution >= 0.6 is 11.8 Å². The van der Waals surface area contributed by atoms with Crippen molar-refractivity contribution in [3.63, 3.8) is 0 Å². The van der Waals surface area contributed by atoms with Crippen molar-refractivity contribution in [1.82, 2.24) is 14.8 Å². The van der Waals surface area contributed by atoms with Crippen LogP contribution < -0.4 is 5.32 Å². The maximum Gasteiger partial charge on any atom is 0.316 e. The number of carbonyl (C=O) groups is 2. The lowest BCUT2D eigenvalue weighted by Gasteiger charge is -2.08. The van der Waals surface area contributed by atoms with Gasteiger partial charge in [0.1, 0.15) is 5.82 Å². The molecule has 0 bridgehead atoms. The zero-order valence-corrected chi connectivity index (χ0v) is 16.7. The summed E-state index contributed by atoms with van der Waals surface area (Å²) >= 11 is 1.14. The Kier molecular flexibility index (Phi) is 6.65. The standard InChI is InChI=1S/C19H19FN4O4S/c1-3-24-18(15-5-4-8-27-15)22-23-19(24)29-11-17(26)28-10-16(25)21-14-7-6-12(2)9-13(14)20/h4-9H,3,10-11H2,1-2H3,(H,21,25). The number of amides is 1. The Morgan fingerprint density at radius 3 is 2.83 bits per heavy atom. The van der Waals surface area contributed by atoms with Gasteiger partial charge < -0.3 is 14.5 Å². The lowest BCUT2D eigenvalue weighted by atomic mass is 10.2. The number of rotatable bonds is 8. The number of halogens is 1. The average molecular weight is 418 g/mol. The van der Waals surface area contributed by atoms with Gasteiger partial charge in [-0.05, 0) is 43.7 Å². The summed E-state index contributed by atoms with van der Waals surface area (Å²) < 4.78 is 25.8. The molecule has 0 spiro atoms. The quantitative estimate of drug-likeness (QED) is 0.443. The van der Waals surface area contributed by atoms with E-state index in [2.05, 4.69) is 15.5 Å². The van der Waals surface area contributed by atoms with Gasteiger partial charge in [-0.25, -0.2) is 4.39 Å². The van der Waals surface area contributed by atoms with Crippen molar-refractivity contribution >= 4 is 29.3 Å². The Hall–Kier alpha value is -3.14. The van der Waals surface area contributed by atoms with E-state index in [1.807, 2.05) is 11.5 Å². The van der Waals surface area contributed by atoms with Gasteiger partial charge in [0.2, 0.25) is 0 Å². The first-order valence-electron chi connectivity index (χ1n) is 8.79. The van der Waals surface area contributed by atoms with Crippen LogP contribution in [-0.2, 0) is 20.9 Å². The van der Waals surface area contributed by atoms with Crippen LogP contribution in [-0.4, -0.2) is 39.0 Å². The summed E-state index contributed by atoms with van der Waals surface area (Å²) in [6, 6.07) is 7.95. The van der Waals surface area contributed by atoms with Crippen LogP contribution in [0.2, 0.25) is 0 Å². The van der Waals surface area contributed by atoms with Gasteiger partial charge in [0.15, 0.2) is 23.3 Å². The van der Waals surface area contributed by atoms with Crippen LogP contribution in [0.15, 0.2) is 46.2 Å². The molecule has 0 radical (unpaired) electrons. The maximum absolute atomic E-state index is 13.7. The molecule has 0 saturated heterocycles. The molecule has 0 aliphatic rings. The zero-order chi connectivity index (χ0) is 20.8. The monoisotopic (exact) mass is 418 g/mol. The highest BCUT2D eigenvalue weighted by atomic mass is 32.2. The molecule has 2 aromatic heterocycles. The lowest BCUT2D eigenvalue weighted by Crippen LogP contribution is -2.22. The van der Waals surface area contributed by atoms with Gasteiger partial charge >= 0.3 is 5.97 Å². The number of aromatic nitrogens is 3. The number of hydrogen-bond donors (Lipinski definition) is 1. The van der Waals surface area contributed by atoms with E-state index in [-0.39, 0.29) is 11.4 Å². The molecule has 152 valence electrons. The Balaban J connectivity index is 1.49. The largest absolute Gasteiger partial charge is 0.461 e. The van der Waals surface area contributed by atoms with E-state index in [9.17, 15) is 14.0 Å². The number of furan rings is 1. The molecule has 0 fully saturated rings. The average Bonchev–Trinajstić information content (AvgIpc) is 3.36. The highest BCUT2D eigenvalue weighted by molar-refractivity contribution is 7.99. The number of hydrogen-bond acceptors (Lipinski definition) is 7. The molecule has 1 N–H and O–H groups in total. The molecular weight excluding hydrogens is 399 g/mol. The molecule has 3 rings (SSSR count). The number of benzene rings is 1. The fourth-order valence-electron chi connectivity index (χ4n) is 2.49. The lowest BCUT2D eigenvalue weighted by molar-refractivity contribution is -0.144. The Bertz CT molecular complexity index is 1000. The number of thioether (sulfide) groups is 1. The molecule has 10 heteroatoms. The smallest absolute Gasteiger partial charge is 0.316 e. The first-order valence-corrected chi connectivity index (χ1v) is 9.78. The third-order valence-electron chi connectivity index (χ3n) is 3.86. The highest BCUT2D eigenvalue weighted by Crippen LogP contribution is 2.24. The summed E-state index contributed by atoms with van der Waals surface area (Å²) in [5.74, 6) is -0.682.